The molecule has 5 rings (SSSR count). The van der Waals surface area contributed by atoms with Gasteiger partial charge in [-0.05, 0) is 37.0 Å². The van der Waals surface area contributed by atoms with Gasteiger partial charge in [0, 0.05) is 24.7 Å². The number of methoxy groups -OCH3 is 1. The summed E-state index contributed by atoms with van der Waals surface area (Å²) >= 11 is 5.92. The molecule has 3 amide bonds. The predicted molar refractivity (Wildman–Crippen MR) is 146 cm³/mol. The van der Waals surface area contributed by atoms with Crippen molar-refractivity contribution >= 4 is 35.2 Å². The van der Waals surface area contributed by atoms with Crippen molar-refractivity contribution in [2.24, 2.45) is 0 Å². The van der Waals surface area contributed by atoms with Gasteiger partial charge in [-0.2, -0.15) is 0 Å². The number of allylic oxidation sites excluding steroid dienone is 1. The number of aromatic amines is 1. The van der Waals surface area contributed by atoms with Gasteiger partial charge in [-0.15, -0.1) is 0 Å². The minimum atomic E-state index is -0.639. The van der Waals surface area contributed by atoms with Crippen molar-refractivity contribution in [3.8, 4) is 11.3 Å². The zero-order chi connectivity index (χ0) is 28.2. The molecule has 208 valence electrons. The number of aromatic nitrogens is 3. The van der Waals surface area contributed by atoms with E-state index in [1.807, 2.05) is 18.2 Å². The van der Waals surface area contributed by atoms with Crippen LogP contribution < -0.4 is 10.6 Å². The number of ether oxygens (including phenoxy) is 1. The average molecular weight is 567 g/mol. The van der Waals surface area contributed by atoms with Crippen LogP contribution in [-0.2, 0) is 20.7 Å². The van der Waals surface area contributed by atoms with Gasteiger partial charge in [-0.25, -0.2) is 14.2 Å². The molecule has 10 nitrogen and oxygen atoms in total. The van der Waals surface area contributed by atoms with Crippen LogP contribution in [0.2, 0.25) is 5.02 Å². The molecule has 0 aliphatic carbocycles. The number of halogens is 2. The van der Waals surface area contributed by atoms with Crippen LogP contribution in [0.1, 0.15) is 54.8 Å². The van der Waals surface area contributed by atoms with E-state index in [1.165, 1.54) is 19.4 Å². The van der Waals surface area contributed by atoms with Crippen LogP contribution in [0.3, 0.4) is 0 Å². The number of imidazole rings is 1. The molecule has 2 atom stereocenters. The summed E-state index contributed by atoms with van der Waals surface area (Å²) in [6.07, 6.45) is 8.62. The molecule has 2 bridgehead atoms. The number of nitrogens with one attached hydrogen (secondary N) is 3. The summed E-state index contributed by atoms with van der Waals surface area (Å²) in [6.45, 7) is 0.339. The van der Waals surface area contributed by atoms with Gasteiger partial charge < -0.3 is 25.3 Å². The van der Waals surface area contributed by atoms with Crippen molar-refractivity contribution in [2.45, 2.75) is 44.2 Å². The van der Waals surface area contributed by atoms with Crippen molar-refractivity contribution in [2.75, 3.05) is 19.0 Å². The third kappa shape index (κ3) is 5.84. The van der Waals surface area contributed by atoms with E-state index < -0.39 is 17.9 Å². The van der Waals surface area contributed by atoms with Gasteiger partial charge in [0.1, 0.15) is 5.82 Å². The fourth-order valence-electron chi connectivity index (χ4n) is 4.93. The molecule has 1 fully saturated rings. The lowest BCUT2D eigenvalue weighted by molar-refractivity contribution is -0.139. The van der Waals surface area contributed by atoms with Gasteiger partial charge in [0.2, 0.25) is 5.91 Å². The SMILES string of the molecule is COC(=O)Cc1ccc2c(c1)NC(=O)CC/C=C/C[C@H](N1CCC(c3nccc(Cl)c3F)NC1=O)c1ncc-2[nH]1. The Kier molecular flexibility index (Phi) is 8.11. The minimum absolute atomic E-state index is 0.0455. The third-order valence-corrected chi connectivity index (χ3v) is 7.28. The average Bonchev–Trinajstić information content (AvgIpc) is 3.42. The summed E-state index contributed by atoms with van der Waals surface area (Å²) in [5.41, 5.74) is 2.67. The highest BCUT2D eigenvalue weighted by atomic mass is 35.5. The lowest BCUT2D eigenvalue weighted by Crippen LogP contribution is -2.49. The predicted octanol–water partition coefficient (Wildman–Crippen LogP) is 4.86. The maximum atomic E-state index is 14.6. The first-order valence-corrected chi connectivity index (χ1v) is 13.3. The standard InChI is InChI=1S/C28H28ClFN6O4/c1-40-24(38)14-16-7-8-17-20(13-16)33-23(37)6-4-2-3-5-22(27-32-15-21(17)34-27)36-12-10-19(35-28(36)39)26-25(30)18(29)9-11-31-26/h2-3,7-9,11,13,15,19,22H,4-6,10,12,14H2,1H3,(H,32,34)(H,33,37)(H,35,39)/b3-2+/t19?,22-/m0/s1. The van der Waals surface area contributed by atoms with Crippen LogP contribution in [-0.4, -0.2) is 51.4 Å². The fraction of sp³-hybridized carbons (Fsp3) is 0.321. The molecular formula is C28H28ClFN6O4. The minimum Gasteiger partial charge on any atom is -0.469 e. The van der Waals surface area contributed by atoms with E-state index in [9.17, 15) is 18.8 Å². The number of H-pyrrole nitrogens is 1. The zero-order valence-corrected chi connectivity index (χ0v) is 22.5. The number of anilines is 1. The number of fused-ring (bicyclic) bond motifs is 4. The Labute approximate surface area is 235 Å². The van der Waals surface area contributed by atoms with Crippen molar-refractivity contribution in [1.82, 2.24) is 25.2 Å². The number of carbonyl (C=O) groups excluding carboxylic acids is 3. The van der Waals surface area contributed by atoms with Crippen LogP contribution in [0.5, 0.6) is 0 Å². The van der Waals surface area contributed by atoms with E-state index in [1.54, 1.807) is 23.2 Å². The highest BCUT2D eigenvalue weighted by Crippen LogP contribution is 2.34. The number of benzene rings is 1. The maximum absolute atomic E-state index is 14.6. The van der Waals surface area contributed by atoms with E-state index in [4.69, 9.17) is 16.3 Å². The summed E-state index contributed by atoms with van der Waals surface area (Å²) in [6, 6.07) is 5.30. The topological polar surface area (TPSA) is 129 Å². The smallest absolute Gasteiger partial charge is 0.318 e. The zero-order valence-electron chi connectivity index (χ0n) is 21.7. The Morgan fingerprint density at radius 1 is 1.23 bits per heavy atom. The van der Waals surface area contributed by atoms with Gasteiger partial charge in [-0.3, -0.25) is 14.6 Å². The quantitative estimate of drug-likeness (QED) is 0.306. The number of hydrogen-bond acceptors (Lipinski definition) is 6. The van der Waals surface area contributed by atoms with Crippen LogP contribution in [0.4, 0.5) is 14.9 Å². The lowest BCUT2D eigenvalue weighted by atomic mass is 10.0. The summed E-state index contributed by atoms with van der Waals surface area (Å²) in [7, 11) is 1.33. The Morgan fingerprint density at radius 3 is 2.88 bits per heavy atom. The van der Waals surface area contributed by atoms with Crippen molar-refractivity contribution < 1.29 is 23.5 Å². The van der Waals surface area contributed by atoms with E-state index >= 15 is 0 Å². The van der Waals surface area contributed by atoms with Gasteiger partial charge in [0.25, 0.3) is 0 Å². The fourth-order valence-corrected chi connectivity index (χ4v) is 5.09. The number of amides is 3. The molecule has 2 aromatic heterocycles. The lowest BCUT2D eigenvalue weighted by Gasteiger charge is -2.37. The van der Waals surface area contributed by atoms with Crippen molar-refractivity contribution in [3.63, 3.8) is 0 Å². The first kappa shape index (κ1) is 27.3. The third-order valence-electron chi connectivity index (χ3n) is 6.99. The number of carbonyl (C=O) groups is 3. The first-order chi connectivity index (χ1) is 19.3. The second-order valence-electron chi connectivity index (χ2n) is 9.60. The molecule has 1 aromatic carbocycles. The second kappa shape index (κ2) is 11.9. The molecular weight excluding hydrogens is 539 g/mol. The van der Waals surface area contributed by atoms with Gasteiger partial charge in [0.05, 0.1) is 53.9 Å². The molecule has 3 aromatic rings. The summed E-state index contributed by atoms with van der Waals surface area (Å²) in [5.74, 6) is -0.626. The van der Waals surface area contributed by atoms with Crippen LogP contribution in [0.25, 0.3) is 11.3 Å². The monoisotopic (exact) mass is 566 g/mol. The van der Waals surface area contributed by atoms with Gasteiger partial charge in [-0.1, -0.05) is 35.9 Å². The molecule has 1 unspecified atom stereocenters. The van der Waals surface area contributed by atoms with Crippen LogP contribution >= 0.6 is 11.6 Å². The normalized spacial score (nSPS) is 20.2. The first-order valence-electron chi connectivity index (χ1n) is 12.9. The van der Waals surface area contributed by atoms with E-state index in [0.717, 1.165) is 0 Å². The maximum Gasteiger partial charge on any atom is 0.318 e. The largest absolute Gasteiger partial charge is 0.469 e. The Bertz CT molecular complexity index is 1470. The number of esters is 1. The summed E-state index contributed by atoms with van der Waals surface area (Å²) < 4.78 is 19.3. The second-order valence-corrected chi connectivity index (χ2v) is 10.0. The Morgan fingerprint density at radius 2 is 2.08 bits per heavy atom. The van der Waals surface area contributed by atoms with Crippen molar-refractivity contribution in [3.05, 3.63) is 76.7 Å². The molecule has 40 heavy (non-hydrogen) atoms. The van der Waals surface area contributed by atoms with Gasteiger partial charge >= 0.3 is 12.0 Å². The number of nitrogens with zero attached hydrogens (tertiary/aromatic N) is 3. The number of rotatable bonds is 4. The molecule has 1 saturated heterocycles. The van der Waals surface area contributed by atoms with Crippen LogP contribution in [0, 0.1) is 5.82 Å². The molecule has 0 spiro atoms. The summed E-state index contributed by atoms with van der Waals surface area (Å²) in [4.78, 5) is 51.5. The molecule has 2 aliphatic rings. The van der Waals surface area contributed by atoms with Crippen LogP contribution in [0.15, 0.2) is 48.8 Å². The number of hydrogen-bond donors (Lipinski definition) is 3. The van der Waals surface area contributed by atoms with Gasteiger partial charge in [0.15, 0.2) is 5.82 Å². The number of urea groups is 1. The van der Waals surface area contributed by atoms with E-state index in [0.29, 0.717) is 54.1 Å². The molecule has 3 N–H and O–H groups in total. The van der Waals surface area contributed by atoms with Crippen molar-refractivity contribution in [1.29, 1.82) is 0 Å². The molecule has 0 saturated carbocycles. The van der Waals surface area contributed by atoms with E-state index in [-0.39, 0.29) is 41.5 Å². The Balaban J connectivity index is 1.44. The van der Waals surface area contributed by atoms with E-state index in [2.05, 4.69) is 25.6 Å². The molecule has 0 radical (unpaired) electrons. The summed E-state index contributed by atoms with van der Waals surface area (Å²) in [5, 5.41) is 5.76. The molecule has 2 aliphatic heterocycles. The number of pyridine rings is 1. The molecule has 12 heteroatoms. The molecule has 4 heterocycles. The highest BCUT2D eigenvalue weighted by molar-refractivity contribution is 6.30. The highest BCUT2D eigenvalue weighted by Gasteiger charge is 2.34. The Hall–Kier alpha value is -4.25.